The molecular weight excluding hydrogens is 162 g/mol. The molecule has 13 heavy (non-hydrogen) atoms. The summed E-state index contributed by atoms with van der Waals surface area (Å²) in [5.41, 5.74) is 5.32. The molecular formula is C10H27N3. The fraction of sp³-hybridized carbons (Fsp3) is 1.00. The Hall–Kier alpha value is -0.120. The molecule has 0 spiro atoms. The van der Waals surface area contributed by atoms with Gasteiger partial charge < -0.3 is 16.0 Å². The second-order valence-corrected chi connectivity index (χ2v) is 3.20. The highest BCUT2D eigenvalue weighted by atomic mass is 15.1. The number of nitrogens with one attached hydrogen (secondary N) is 1. The van der Waals surface area contributed by atoms with Crippen LogP contribution in [0.1, 0.15) is 26.7 Å². The Morgan fingerprint density at radius 3 is 2.00 bits per heavy atom. The van der Waals surface area contributed by atoms with E-state index < -0.39 is 0 Å². The molecule has 0 bridgehead atoms. The van der Waals surface area contributed by atoms with Crippen molar-refractivity contribution >= 4 is 0 Å². The lowest BCUT2D eigenvalue weighted by Gasteiger charge is -2.12. The van der Waals surface area contributed by atoms with E-state index in [0.717, 1.165) is 26.2 Å². The van der Waals surface area contributed by atoms with Crippen LogP contribution in [0, 0.1) is 0 Å². The molecule has 82 valence electrons. The van der Waals surface area contributed by atoms with Gasteiger partial charge in [0, 0.05) is 13.1 Å². The van der Waals surface area contributed by atoms with Crippen LogP contribution in [0.15, 0.2) is 0 Å². The van der Waals surface area contributed by atoms with Crippen LogP contribution in [0.2, 0.25) is 0 Å². The number of hydrogen-bond acceptors (Lipinski definition) is 3. The minimum absolute atomic E-state index is 0.774. The van der Waals surface area contributed by atoms with Crippen LogP contribution in [0.3, 0.4) is 0 Å². The van der Waals surface area contributed by atoms with Crippen molar-refractivity contribution in [3.05, 3.63) is 0 Å². The van der Waals surface area contributed by atoms with E-state index in [0.29, 0.717) is 0 Å². The topological polar surface area (TPSA) is 41.3 Å². The standard InChI is InChI=1S/C6H16N2.C4H11N/c1-3-5-8(2)6-4-7;1-3-4-5-2/h3-7H2,1-2H3;5H,3-4H2,1-2H3. The Balaban J connectivity index is 0. The molecule has 0 heterocycles. The predicted molar refractivity (Wildman–Crippen MR) is 61.1 cm³/mol. The van der Waals surface area contributed by atoms with Gasteiger partial charge >= 0.3 is 0 Å². The first kappa shape index (κ1) is 15.4. The molecule has 0 aromatic rings. The second kappa shape index (κ2) is 14.4. The van der Waals surface area contributed by atoms with E-state index in [4.69, 9.17) is 5.73 Å². The molecule has 0 aromatic heterocycles. The first-order valence-corrected chi connectivity index (χ1v) is 5.26. The first-order chi connectivity index (χ1) is 6.22. The fourth-order valence-electron chi connectivity index (χ4n) is 0.964. The van der Waals surface area contributed by atoms with Gasteiger partial charge in [0.25, 0.3) is 0 Å². The Morgan fingerprint density at radius 2 is 1.77 bits per heavy atom. The molecule has 0 unspecified atom stereocenters. The van der Waals surface area contributed by atoms with Crippen molar-refractivity contribution in [2.75, 3.05) is 40.3 Å². The van der Waals surface area contributed by atoms with Crippen LogP contribution in [-0.2, 0) is 0 Å². The third-order valence-corrected chi connectivity index (χ3v) is 1.62. The number of likely N-dealkylation sites (N-methyl/N-ethyl adjacent to an activating group) is 1. The van der Waals surface area contributed by atoms with Crippen LogP contribution < -0.4 is 11.1 Å². The van der Waals surface area contributed by atoms with E-state index in [1.54, 1.807) is 0 Å². The van der Waals surface area contributed by atoms with Crippen molar-refractivity contribution in [2.24, 2.45) is 5.73 Å². The molecule has 0 rings (SSSR count). The first-order valence-electron chi connectivity index (χ1n) is 5.26. The van der Waals surface area contributed by atoms with Crippen molar-refractivity contribution in [3.8, 4) is 0 Å². The summed E-state index contributed by atoms with van der Waals surface area (Å²) in [7, 11) is 4.06. The highest BCUT2D eigenvalue weighted by molar-refractivity contribution is 4.47. The quantitative estimate of drug-likeness (QED) is 0.652. The van der Waals surface area contributed by atoms with E-state index >= 15 is 0 Å². The van der Waals surface area contributed by atoms with E-state index in [9.17, 15) is 0 Å². The highest BCUT2D eigenvalue weighted by Crippen LogP contribution is 1.82. The molecule has 0 saturated carbocycles. The van der Waals surface area contributed by atoms with E-state index in [2.05, 4.69) is 31.1 Å². The van der Waals surface area contributed by atoms with Crippen LogP contribution >= 0.6 is 0 Å². The lowest BCUT2D eigenvalue weighted by Crippen LogP contribution is -2.25. The average molecular weight is 189 g/mol. The Bertz CT molecular complexity index is 68.6. The third-order valence-electron chi connectivity index (χ3n) is 1.62. The van der Waals surface area contributed by atoms with Crippen LogP contribution in [-0.4, -0.2) is 45.2 Å². The van der Waals surface area contributed by atoms with Crippen molar-refractivity contribution < 1.29 is 0 Å². The maximum Gasteiger partial charge on any atom is 0.0102 e. The van der Waals surface area contributed by atoms with Crippen LogP contribution in [0.4, 0.5) is 0 Å². The summed E-state index contributed by atoms with van der Waals surface area (Å²) in [5.74, 6) is 0. The van der Waals surface area contributed by atoms with Crippen LogP contribution in [0.5, 0.6) is 0 Å². The lowest BCUT2D eigenvalue weighted by atomic mass is 10.4. The molecule has 3 N–H and O–H groups in total. The summed E-state index contributed by atoms with van der Waals surface area (Å²) in [6.07, 6.45) is 2.45. The highest BCUT2D eigenvalue weighted by Gasteiger charge is 1.90. The molecule has 0 aliphatic carbocycles. The van der Waals surface area contributed by atoms with Crippen LogP contribution in [0.25, 0.3) is 0 Å². The molecule has 0 amide bonds. The van der Waals surface area contributed by atoms with Gasteiger partial charge in [0.05, 0.1) is 0 Å². The summed E-state index contributed by atoms with van der Waals surface area (Å²) in [4.78, 5) is 2.24. The summed E-state index contributed by atoms with van der Waals surface area (Å²) in [6.45, 7) is 8.42. The van der Waals surface area contributed by atoms with Gasteiger partial charge in [-0.15, -0.1) is 0 Å². The van der Waals surface area contributed by atoms with Crippen molar-refractivity contribution in [2.45, 2.75) is 26.7 Å². The molecule has 0 radical (unpaired) electrons. The maximum atomic E-state index is 5.32. The van der Waals surface area contributed by atoms with Gasteiger partial charge in [-0.05, 0) is 40.0 Å². The molecule has 3 nitrogen and oxygen atoms in total. The molecule has 0 fully saturated rings. The number of nitrogens with two attached hydrogens (primary N) is 1. The zero-order valence-corrected chi connectivity index (χ0v) is 9.77. The van der Waals surface area contributed by atoms with Crippen molar-refractivity contribution in [1.29, 1.82) is 0 Å². The average Bonchev–Trinajstić information content (AvgIpc) is 2.08. The molecule has 0 saturated heterocycles. The minimum atomic E-state index is 0.774. The number of nitrogens with zero attached hydrogens (tertiary/aromatic N) is 1. The van der Waals surface area contributed by atoms with E-state index in [1.807, 2.05) is 7.05 Å². The molecule has 0 aliphatic heterocycles. The smallest absolute Gasteiger partial charge is 0.0102 e. The minimum Gasteiger partial charge on any atom is -0.329 e. The largest absolute Gasteiger partial charge is 0.329 e. The zero-order chi connectivity index (χ0) is 10.5. The Morgan fingerprint density at radius 1 is 1.15 bits per heavy atom. The predicted octanol–water partition coefficient (Wildman–Crippen LogP) is 0.903. The van der Waals surface area contributed by atoms with Gasteiger partial charge in [0.1, 0.15) is 0 Å². The van der Waals surface area contributed by atoms with Gasteiger partial charge in [-0.3, -0.25) is 0 Å². The molecule has 3 heteroatoms. The molecule has 0 atom stereocenters. The molecule has 0 aromatic carbocycles. The van der Waals surface area contributed by atoms with Gasteiger partial charge in [0.2, 0.25) is 0 Å². The summed E-state index contributed by atoms with van der Waals surface area (Å²) in [6, 6.07) is 0. The van der Waals surface area contributed by atoms with Gasteiger partial charge in [-0.25, -0.2) is 0 Å². The van der Waals surface area contributed by atoms with Gasteiger partial charge in [0.15, 0.2) is 0 Å². The van der Waals surface area contributed by atoms with Gasteiger partial charge in [-0.2, -0.15) is 0 Å². The Labute approximate surface area is 83.7 Å². The SMILES string of the molecule is CCCN(C)CCN.CCCNC. The van der Waals surface area contributed by atoms with E-state index in [1.165, 1.54) is 12.8 Å². The summed E-state index contributed by atoms with van der Waals surface area (Å²) >= 11 is 0. The van der Waals surface area contributed by atoms with Gasteiger partial charge in [-0.1, -0.05) is 13.8 Å². The zero-order valence-electron chi connectivity index (χ0n) is 9.77. The van der Waals surface area contributed by atoms with Crippen molar-refractivity contribution in [3.63, 3.8) is 0 Å². The monoisotopic (exact) mass is 189 g/mol. The van der Waals surface area contributed by atoms with Crippen molar-refractivity contribution in [1.82, 2.24) is 10.2 Å². The third kappa shape index (κ3) is 18.7. The maximum absolute atomic E-state index is 5.32. The Kier molecular flexibility index (Phi) is 17.0. The number of rotatable bonds is 6. The van der Waals surface area contributed by atoms with E-state index in [-0.39, 0.29) is 0 Å². The summed E-state index contributed by atoms with van der Waals surface area (Å²) < 4.78 is 0. The second-order valence-electron chi connectivity index (χ2n) is 3.20. The molecule has 0 aliphatic rings. The summed E-state index contributed by atoms with van der Waals surface area (Å²) in [5, 5.41) is 3.02. The lowest BCUT2D eigenvalue weighted by molar-refractivity contribution is 0.344. The normalized spacial score (nSPS) is 9.69. The fourth-order valence-corrected chi connectivity index (χ4v) is 0.964. The number of hydrogen-bond donors (Lipinski definition) is 2.